The zero-order valence-corrected chi connectivity index (χ0v) is 12.7. The number of anilines is 2. The smallest absolute Gasteiger partial charge is 0.188 e. The number of benzene rings is 2. The van der Waals surface area contributed by atoms with Gasteiger partial charge in [-0.3, -0.25) is 0 Å². The van der Waals surface area contributed by atoms with Crippen LogP contribution in [0, 0.1) is 6.92 Å². The number of para-hydroxylation sites is 1. The third kappa shape index (κ3) is 2.44. The molecule has 0 amide bonds. The number of nitrogens with zero attached hydrogens (tertiary/aromatic N) is 1. The van der Waals surface area contributed by atoms with Gasteiger partial charge in [0.05, 0.1) is 23.0 Å². The molecule has 0 unspecified atom stereocenters. The van der Waals surface area contributed by atoms with E-state index in [1.807, 2.05) is 37.3 Å². The largest absolute Gasteiger partial charge is 0.495 e. The Kier molecular flexibility index (Phi) is 3.51. The maximum atomic E-state index is 6.11. The van der Waals surface area contributed by atoms with E-state index in [0.29, 0.717) is 10.8 Å². The van der Waals surface area contributed by atoms with Crippen LogP contribution in [-0.2, 0) is 0 Å². The van der Waals surface area contributed by atoms with Crippen LogP contribution in [-0.4, -0.2) is 12.1 Å². The number of nitrogens with one attached hydrogen (secondary N) is 1. The second kappa shape index (κ2) is 5.31. The highest BCUT2D eigenvalue weighted by Gasteiger charge is 2.09. The molecule has 3 rings (SSSR count). The Hall–Kier alpha value is -1.78. The van der Waals surface area contributed by atoms with Crippen LogP contribution in [0.2, 0.25) is 5.02 Å². The molecule has 0 aliphatic carbocycles. The quantitative estimate of drug-likeness (QED) is 0.738. The molecule has 0 saturated carbocycles. The first-order chi connectivity index (χ1) is 9.67. The van der Waals surface area contributed by atoms with Crippen molar-refractivity contribution >= 4 is 44.0 Å². The van der Waals surface area contributed by atoms with Crippen molar-refractivity contribution < 1.29 is 4.74 Å². The van der Waals surface area contributed by atoms with E-state index in [9.17, 15) is 0 Å². The second-order valence-corrected chi connectivity index (χ2v) is 5.85. The van der Waals surface area contributed by atoms with Crippen LogP contribution in [0.5, 0.6) is 5.75 Å². The van der Waals surface area contributed by atoms with E-state index in [2.05, 4.69) is 16.4 Å². The number of halogens is 1. The van der Waals surface area contributed by atoms with Crippen LogP contribution >= 0.6 is 22.9 Å². The van der Waals surface area contributed by atoms with Gasteiger partial charge in [-0.1, -0.05) is 35.1 Å². The van der Waals surface area contributed by atoms with Crippen LogP contribution < -0.4 is 10.1 Å². The minimum atomic E-state index is 0.691. The lowest BCUT2D eigenvalue weighted by Crippen LogP contribution is -1.95. The fraction of sp³-hybridized carbons (Fsp3) is 0.133. The van der Waals surface area contributed by atoms with Gasteiger partial charge in [0, 0.05) is 11.1 Å². The van der Waals surface area contributed by atoms with E-state index in [4.69, 9.17) is 16.3 Å². The summed E-state index contributed by atoms with van der Waals surface area (Å²) < 4.78 is 6.51. The molecule has 0 atom stereocenters. The second-order valence-electron chi connectivity index (χ2n) is 4.41. The molecule has 3 nitrogen and oxygen atoms in total. The molecule has 1 N–H and O–H groups in total. The Morgan fingerprint density at radius 1 is 1.25 bits per heavy atom. The van der Waals surface area contributed by atoms with Gasteiger partial charge in [-0.2, -0.15) is 0 Å². The predicted molar refractivity (Wildman–Crippen MR) is 85.6 cm³/mol. The van der Waals surface area contributed by atoms with E-state index < -0.39 is 0 Å². The maximum absolute atomic E-state index is 6.11. The minimum absolute atomic E-state index is 0.691. The first-order valence-electron chi connectivity index (χ1n) is 6.14. The molecule has 2 aromatic carbocycles. The summed E-state index contributed by atoms with van der Waals surface area (Å²) in [6.45, 7) is 1.96. The highest BCUT2D eigenvalue weighted by Crippen LogP contribution is 2.35. The average molecular weight is 305 g/mol. The van der Waals surface area contributed by atoms with Crippen molar-refractivity contribution in [1.82, 2.24) is 4.98 Å². The number of methoxy groups -OCH3 is 1. The van der Waals surface area contributed by atoms with Crippen LogP contribution in [0.15, 0.2) is 36.4 Å². The molecule has 1 aromatic heterocycles. The number of ether oxygens (including phenoxy) is 1. The lowest BCUT2D eigenvalue weighted by molar-refractivity contribution is 0.417. The van der Waals surface area contributed by atoms with Gasteiger partial charge in [-0.05, 0) is 30.7 Å². The number of rotatable bonds is 3. The molecule has 0 radical (unpaired) electrons. The molecule has 0 spiro atoms. The summed E-state index contributed by atoms with van der Waals surface area (Å²) in [5, 5.41) is 4.84. The lowest BCUT2D eigenvalue weighted by Gasteiger charge is -2.11. The Morgan fingerprint density at radius 3 is 2.80 bits per heavy atom. The highest BCUT2D eigenvalue weighted by molar-refractivity contribution is 7.22. The zero-order valence-electron chi connectivity index (χ0n) is 11.1. The SMILES string of the molecule is COc1cc(Cl)c(C)cc1Nc1nc2ccccc2s1. The monoisotopic (exact) mass is 304 g/mol. The number of aromatic nitrogens is 1. The lowest BCUT2D eigenvalue weighted by atomic mass is 10.2. The Bertz CT molecular complexity index is 737. The molecule has 0 fully saturated rings. The summed E-state index contributed by atoms with van der Waals surface area (Å²) in [5.41, 5.74) is 2.86. The van der Waals surface area contributed by atoms with E-state index >= 15 is 0 Å². The van der Waals surface area contributed by atoms with Gasteiger partial charge in [0.25, 0.3) is 0 Å². The summed E-state index contributed by atoms with van der Waals surface area (Å²) in [4.78, 5) is 4.55. The van der Waals surface area contributed by atoms with Crippen LogP contribution in [0.25, 0.3) is 10.2 Å². The number of thiazole rings is 1. The fourth-order valence-electron chi connectivity index (χ4n) is 1.97. The third-order valence-electron chi connectivity index (χ3n) is 3.02. The van der Waals surface area contributed by atoms with Gasteiger partial charge in [0.1, 0.15) is 5.75 Å². The van der Waals surface area contributed by atoms with Crippen molar-refractivity contribution in [2.45, 2.75) is 6.92 Å². The molecule has 0 aliphatic rings. The maximum Gasteiger partial charge on any atom is 0.188 e. The van der Waals surface area contributed by atoms with Crippen molar-refractivity contribution in [3.05, 3.63) is 47.0 Å². The number of hydrogen-bond acceptors (Lipinski definition) is 4. The van der Waals surface area contributed by atoms with Crippen molar-refractivity contribution in [3.8, 4) is 5.75 Å². The van der Waals surface area contributed by atoms with Crippen LogP contribution in [0.3, 0.4) is 0 Å². The fourth-order valence-corrected chi connectivity index (χ4v) is 3.00. The van der Waals surface area contributed by atoms with Gasteiger partial charge in [-0.25, -0.2) is 4.98 Å². The number of aryl methyl sites for hydroxylation is 1. The summed E-state index contributed by atoms with van der Waals surface area (Å²) in [7, 11) is 1.63. The van der Waals surface area contributed by atoms with E-state index in [0.717, 1.165) is 26.6 Å². The average Bonchev–Trinajstić information content (AvgIpc) is 2.84. The van der Waals surface area contributed by atoms with Gasteiger partial charge in [0.2, 0.25) is 0 Å². The molecule has 1 heterocycles. The molecule has 0 bridgehead atoms. The number of fused-ring (bicyclic) bond motifs is 1. The van der Waals surface area contributed by atoms with Crippen LogP contribution in [0.4, 0.5) is 10.8 Å². The molecule has 102 valence electrons. The zero-order chi connectivity index (χ0) is 14.1. The van der Waals surface area contributed by atoms with Gasteiger partial charge < -0.3 is 10.1 Å². The van der Waals surface area contributed by atoms with Crippen LogP contribution in [0.1, 0.15) is 5.56 Å². The van der Waals surface area contributed by atoms with Crippen molar-refractivity contribution in [1.29, 1.82) is 0 Å². The Balaban J connectivity index is 1.99. The molecule has 0 saturated heterocycles. The van der Waals surface area contributed by atoms with E-state index in [-0.39, 0.29) is 0 Å². The summed E-state index contributed by atoms with van der Waals surface area (Å²) in [6.07, 6.45) is 0. The molecular formula is C15H13ClN2OS. The van der Waals surface area contributed by atoms with Gasteiger partial charge in [-0.15, -0.1) is 0 Å². The van der Waals surface area contributed by atoms with Crippen molar-refractivity contribution in [2.24, 2.45) is 0 Å². The predicted octanol–water partition coefficient (Wildman–Crippen LogP) is 5.01. The minimum Gasteiger partial charge on any atom is -0.495 e. The first-order valence-corrected chi connectivity index (χ1v) is 7.33. The standard InChI is InChI=1S/C15H13ClN2OS/c1-9-7-12(13(19-2)8-10(9)16)18-15-17-11-5-3-4-6-14(11)20-15/h3-8H,1-2H3,(H,17,18). The molecule has 0 aliphatic heterocycles. The third-order valence-corrected chi connectivity index (χ3v) is 4.38. The molecule has 5 heteroatoms. The highest BCUT2D eigenvalue weighted by atomic mass is 35.5. The molecule has 3 aromatic rings. The Morgan fingerprint density at radius 2 is 2.05 bits per heavy atom. The van der Waals surface area contributed by atoms with Gasteiger partial charge in [0.15, 0.2) is 5.13 Å². The number of hydrogen-bond donors (Lipinski definition) is 1. The van der Waals surface area contributed by atoms with E-state index in [1.165, 1.54) is 0 Å². The summed E-state index contributed by atoms with van der Waals surface area (Å²) in [6, 6.07) is 11.8. The first kappa shape index (κ1) is 13.2. The molecule has 20 heavy (non-hydrogen) atoms. The van der Waals surface area contributed by atoms with Crippen molar-refractivity contribution in [3.63, 3.8) is 0 Å². The summed E-state index contributed by atoms with van der Waals surface area (Å²) in [5.74, 6) is 0.708. The normalized spacial score (nSPS) is 10.8. The summed E-state index contributed by atoms with van der Waals surface area (Å²) >= 11 is 7.72. The van der Waals surface area contributed by atoms with Crippen molar-refractivity contribution in [2.75, 3.05) is 12.4 Å². The Labute approximate surface area is 126 Å². The van der Waals surface area contributed by atoms with E-state index in [1.54, 1.807) is 18.4 Å². The topological polar surface area (TPSA) is 34.1 Å². The molecular weight excluding hydrogens is 292 g/mol. The van der Waals surface area contributed by atoms with Gasteiger partial charge >= 0.3 is 0 Å².